The fourth-order valence-corrected chi connectivity index (χ4v) is 5.86. The standard InChI is InChI=1S/C22H24N2O4S2/c1-18-9-11-21(12-10-18)30(27,28)22(20-8-5-14-23-16-20)17-24-29(25,26)15-13-19-6-3-2-4-7-19/h2-12,14,16,22,24H,13,15,17H2,1H3/t22-/m0/s1. The summed E-state index contributed by atoms with van der Waals surface area (Å²) < 4.78 is 54.1. The van der Waals surface area contributed by atoms with Gasteiger partial charge < -0.3 is 0 Å². The minimum absolute atomic E-state index is 0.124. The number of aromatic nitrogens is 1. The predicted molar refractivity (Wildman–Crippen MR) is 117 cm³/mol. The number of pyridine rings is 1. The van der Waals surface area contributed by atoms with E-state index in [0.29, 0.717) is 12.0 Å². The maximum atomic E-state index is 13.3. The summed E-state index contributed by atoms with van der Waals surface area (Å²) >= 11 is 0. The molecule has 0 amide bonds. The van der Waals surface area contributed by atoms with Gasteiger partial charge in [-0.05, 0) is 42.7 Å². The monoisotopic (exact) mass is 444 g/mol. The van der Waals surface area contributed by atoms with E-state index < -0.39 is 25.1 Å². The Hall–Kier alpha value is -2.55. The Balaban J connectivity index is 1.80. The van der Waals surface area contributed by atoms with Gasteiger partial charge in [0, 0.05) is 18.9 Å². The predicted octanol–water partition coefficient (Wildman–Crippen LogP) is 3.07. The van der Waals surface area contributed by atoms with Crippen molar-refractivity contribution in [3.8, 4) is 0 Å². The molecule has 0 aliphatic carbocycles. The van der Waals surface area contributed by atoms with Gasteiger partial charge in [-0.1, -0.05) is 54.1 Å². The third kappa shape index (κ3) is 5.75. The lowest BCUT2D eigenvalue weighted by Crippen LogP contribution is -2.34. The van der Waals surface area contributed by atoms with Crippen molar-refractivity contribution in [1.29, 1.82) is 0 Å². The first kappa shape index (κ1) is 22.1. The molecule has 2 aromatic carbocycles. The Morgan fingerprint density at radius 1 is 0.900 bits per heavy atom. The summed E-state index contributed by atoms with van der Waals surface area (Å²) in [4.78, 5) is 4.15. The third-order valence-corrected chi connectivity index (χ3v) is 8.24. The molecule has 1 aromatic heterocycles. The SMILES string of the molecule is Cc1ccc(S(=O)(=O)[C@@H](CNS(=O)(=O)CCc2ccccc2)c2cccnc2)cc1. The number of aryl methyl sites for hydroxylation is 2. The van der Waals surface area contributed by atoms with Crippen LogP contribution < -0.4 is 4.72 Å². The average Bonchev–Trinajstić information content (AvgIpc) is 2.74. The molecule has 0 fully saturated rings. The second kappa shape index (κ2) is 9.51. The number of hydrogen-bond acceptors (Lipinski definition) is 5. The summed E-state index contributed by atoms with van der Waals surface area (Å²) in [6.45, 7) is 1.61. The summed E-state index contributed by atoms with van der Waals surface area (Å²) in [5.74, 6) is -0.124. The Morgan fingerprint density at radius 3 is 2.23 bits per heavy atom. The van der Waals surface area contributed by atoms with Gasteiger partial charge in [-0.15, -0.1) is 0 Å². The average molecular weight is 445 g/mol. The number of sulfonamides is 1. The van der Waals surface area contributed by atoms with Gasteiger partial charge >= 0.3 is 0 Å². The minimum Gasteiger partial charge on any atom is -0.264 e. The molecule has 158 valence electrons. The zero-order valence-electron chi connectivity index (χ0n) is 16.6. The molecule has 6 nitrogen and oxygen atoms in total. The van der Waals surface area contributed by atoms with Crippen molar-refractivity contribution >= 4 is 19.9 Å². The Kier molecular flexibility index (Phi) is 7.02. The molecule has 0 spiro atoms. The summed E-state index contributed by atoms with van der Waals surface area (Å²) in [6.07, 6.45) is 3.34. The van der Waals surface area contributed by atoms with Gasteiger partial charge in [-0.2, -0.15) is 0 Å². The van der Waals surface area contributed by atoms with Crippen LogP contribution >= 0.6 is 0 Å². The van der Waals surface area contributed by atoms with Gasteiger partial charge in [-0.3, -0.25) is 4.98 Å². The second-order valence-corrected chi connectivity index (χ2v) is 11.1. The lowest BCUT2D eigenvalue weighted by molar-refractivity contribution is 0.568. The highest BCUT2D eigenvalue weighted by molar-refractivity contribution is 7.92. The molecule has 0 radical (unpaired) electrons. The summed E-state index contributed by atoms with van der Waals surface area (Å²) in [7, 11) is -7.49. The van der Waals surface area contributed by atoms with E-state index in [-0.39, 0.29) is 17.2 Å². The lowest BCUT2D eigenvalue weighted by Gasteiger charge is -2.19. The van der Waals surface area contributed by atoms with Crippen LogP contribution in [0, 0.1) is 6.92 Å². The Labute approximate surface area is 178 Å². The van der Waals surface area contributed by atoms with Gasteiger partial charge in [0.25, 0.3) is 0 Å². The first-order valence-electron chi connectivity index (χ1n) is 9.50. The molecular formula is C22H24N2O4S2. The molecule has 1 heterocycles. The zero-order valence-corrected chi connectivity index (χ0v) is 18.2. The van der Waals surface area contributed by atoms with Crippen LogP contribution in [0.4, 0.5) is 0 Å². The van der Waals surface area contributed by atoms with Gasteiger partial charge in [0.1, 0.15) is 5.25 Å². The van der Waals surface area contributed by atoms with Crippen LogP contribution in [-0.4, -0.2) is 34.1 Å². The summed E-state index contributed by atoms with van der Waals surface area (Å²) in [5.41, 5.74) is 2.27. The normalized spacial score (nSPS) is 13.1. The van der Waals surface area contributed by atoms with E-state index in [1.165, 1.54) is 18.3 Å². The van der Waals surface area contributed by atoms with E-state index in [9.17, 15) is 16.8 Å². The number of hydrogen-bond donors (Lipinski definition) is 1. The van der Waals surface area contributed by atoms with Crippen LogP contribution in [0.5, 0.6) is 0 Å². The fourth-order valence-electron chi connectivity index (χ4n) is 3.04. The number of rotatable bonds is 9. The highest BCUT2D eigenvalue weighted by Gasteiger charge is 2.30. The highest BCUT2D eigenvalue weighted by atomic mass is 32.2. The Bertz CT molecular complexity index is 1160. The van der Waals surface area contributed by atoms with Crippen molar-refractivity contribution in [2.45, 2.75) is 23.5 Å². The maximum absolute atomic E-state index is 13.3. The molecular weight excluding hydrogens is 420 g/mol. The zero-order chi connectivity index (χ0) is 21.6. The molecule has 1 N–H and O–H groups in total. The topological polar surface area (TPSA) is 93.2 Å². The Morgan fingerprint density at radius 2 is 1.60 bits per heavy atom. The number of sulfone groups is 1. The second-order valence-electron chi connectivity index (χ2n) is 7.04. The molecule has 0 saturated carbocycles. The van der Waals surface area contributed by atoms with Crippen LogP contribution in [0.3, 0.4) is 0 Å². The van der Waals surface area contributed by atoms with Crippen LogP contribution in [0.1, 0.15) is 21.9 Å². The molecule has 8 heteroatoms. The first-order valence-corrected chi connectivity index (χ1v) is 12.7. The van der Waals surface area contributed by atoms with Crippen molar-refractivity contribution < 1.29 is 16.8 Å². The van der Waals surface area contributed by atoms with Gasteiger partial charge in [0.15, 0.2) is 9.84 Å². The minimum atomic E-state index is -3.83. The van der Waals surface area contributed by atoms with Crippen molar-refractivity contribution in [1.82, 2.24) is 9.71 Å². The molecule has 30 heavy (non-hydrogen) atoms. The van der Waals surface area contributed by atoms with Crippen molar-refractivity contribution in [3.63, 3.8) is 0 Å². The molecule has 0 saturated heterocycles. The number of nitrogens with zero attached hydrogens (tertiary/aromatic N) is 1. The highest BCUT2D eigenvalue weighted by Crippen LogP contribution is 2.28. The molecule has 0 aliphatic heterocycles. The third-order valence-electron chi connectivity index (χ3n) is 4.77. The van der Waals surface area contributed by atoms with Gasteiger partial charge in [0.05, 0.1) is 10.6 Å². The van der Waals surface area contributed by atoms with Gasteiger partial charge in [0.2, 0.25) is 10.0 Å². The van der Waals surface area contributed by atoms with Crippen LogP contribution in [0.2, 0.25) is 0 Å². The van der Waals surface area contributed by atoms with E-state index in [0.717, 1.165) is 11.1 Å². The number of benzene rings is 2. The van der Waals surface area contributed by atoms with Crippen LogP contribution in [-0.2, 0) is 26.3 Å². The van der Waals surface area contributed by atoms with E-state index in [2.05, 4.69) is 9.71 Å². The van der Waals surface area contributed by atoms with Crippen molar-refractivity contribution in [3.05, 3.63) is 95.8 Å². The smallest absolute Gasteiger partial charge is 0.211 e. The van der Waals surface area contributed by atoms with Crippen molar-refractivity contribution in [2.75, 3.05) is 12.3 Å². The van der Waals surface area contributed by atoms with E-state index >= 15 is 0 Å². The van der Waals surface area contributed by atoms with E-state index in [1.54, 1.807) is 30.5 Å². The molecule has 3 rings (SSSR count). The van der Waals surface area contributed by atoms with E-state index in [4.69, 9.17) is 0 Å². The van der Waals surface area contributed by atoms with Crippen LogP contribution in [0.15, 0.2) is 84.0 Å². The fraction of sp³-hybridized carbons (Fsp3) is 0.227. The maximum Gasteiger partial charge on any atom is 0.211 e. The molecule has 0 aliphatic rings. The summed E-state index contributed by atoms with van der Waals surface area (Å²) in [6, 6.07) is 19.1. The first-order chi connectivity index (χ1) is 14.3. The van der Waals surface area contributed by atoms with E-state index in [1.807, 2.05) is 37.3 Å². The van der Waals surface area contributed by atoms with Crippen LogP contribution in [0.25, 0.3) is 0 Å². The number of nitrogens with one attached hydrogen (secondary N) is 1. The summed E-state index contributed by atoms with van der Waals surface area (Å²) in [5, 5.41) is -1.08. The molecule has 0 bridgehead atoms. The molecule has 3 aromatic rings. The van der Waals surface area contributed by atoms with Gasteiger partial charge in [-0.25, -0.2) is 21.6 Å². The van der Waals surface area contributed by atoms with Crippen molar-refractivity contribution in [2.24, 2.45) is 0 Å². The molecule has 0 unspecified atom stereocenters. The quantitative estimate of drug-likeness (QED) is 0.547. The lowest BCUT2D eigenvalue weighted by atomic mass is 10.2. The largest absolute Gasteiger partial charge is 0.264 e. The molecule has 1 atom stereocenters.